The second-order valence-electron chi connectivity index (χ2n) is 7.54. The summed E-state index contributed by atoms with van der Waals surface area (Å²) in [5.74, 6) is 0.329. The van der Waals surface area contributed by atoms with Crippen molar-refractivity contribution in [1.29, 1.82) is 0 Å². The Morgan fingerprint density at radius 3 is 2.61 bits per heavy atom. The maximum absolute atomic E-state index is 12.8. The van der Waals surface area contributed by atoms with Gasteiger partial charge in [0.05, 0.1) is 15.6 Å². The van der Waals surface area contributed by atoms with Gasteiger partial charge >= 0.3 is 0 Å². The van der Waals surface area contributed by atoms with E-state index in [1.807, 2.05) is 47.8 Å². The van der Waals surface area contributed by atoms with Gasteiger partial charge in [-0.05, 0) is 29.6 Å². The zero-order valence-corrected chi connectivity index (χ0v) is 20.8. The lowest BCUT2D eigenvalue weighted by Crippen LogP contribution is -2.23. The van der Waals surface area contributed by atoms with Crippen molar-refractivity contribution in [1.82, 2.24) is 19.7 Å². The molecule has 0 aliphatic heterocycles. The average Bonchev–Trinajstić information content (AvgIpc) is 3.54. The zero-order valence-electron chi connectivity index (χ0n) is 18.4. The van der Waals surface area contributed by atoms with Gasteiger partial charge in [-0.3, -0.25) is 14.6 Å². The van der Waals surface area contributed by atoms with E-state index in [2.05, 4.69) is 20.4 Å². The van der Waals surface area contributed by atoms with Crippen LogP contribution in [-0.4, -0.2) is 32.3 Å². The first-order valence-electron chi connectivity index (χ1n) is 10.6. The van der Waals surface area contributed by atoms with Crippen molar-refractivity contribution in [3.05, 3.63) is 98.6 Å². The number of hydrogen-bond acceptors (Lipinski definition) is 6. The number of ether oxygens (including phenoxy) is 1. The first-order valence-corrected chi connectivity index (χ1v) is 12.3. The van der Waals surface area contributed by atoms with E-state index in [9.17, 15) is 9.59 Å². The van der Waals surface area contributed by atoms with Crippen molar-refractivity contribution in [3.63, 3.8) is 0 Å². The Labute approximate surface area is 219 Å². The minimum absolute atomic E-state index is 0.154. The van der Waals surface area contributed by atoms with Gasteiger partial charge in [-0.15, -0.1) is 11.3 Å². The minimum atomic E-state index is -0.457. The molecule has 0 unspecified atom stereocenters. The summed E-state index contributed by atoms with van der Waals surface area (Å²) >= 11 is 13.5. The largest absolute Gasteiger partial charge is 0.482 e. The van der Waals surface area contributed by atoms with Crippen LogP contribution in [0.3, 0.4) is 0 Å². The molecule has 5 aromatic rings. The Kier molecular flexibility index (Phi) is 6.86. The number of benzene rings is 2. The van der Waals surface area contributed by atoms with Crippen LogP contribution in [-0.2, 0) is 4.79 Å². The minimum Gasteiger partial charge on any atom is -0.482 e. The summed E-state index contributed by atoms with van der Waals surface area (Å²) in [7, 11) is 0. The van der Waals surface area contributed by atoms with Gasteiger partial charge in [0.25, 0.3) is 11.5 Å². The summed E-state index contributed by atoms with van der Waals surface area (Å²) < 4.78 is 6.93. The zero-order chi connectivity index (χ0) is 25.1. The Morgan fingerprint density at radius 1 is 1.03 bits per heavy atom. The molecule has 0 fully saturated rings. The first-order chi connectivity index (χ1) is 17.5. The van der Waals surface area contributed by atoms with Crippen molar-refractivity contribution in [2.45, 2.75) is 0 Å². The predicted octanol–water partition coefficient (Wildman–Crippen LogP) is 5.68. The van der Waals surface area contributed by atoms with Crippen LogP contribution in [0.4, 0.5) is 5.82 Å². The quantitative estimate of drug-likeness (QED) is 0.278. The summed E-state index contributed by atoms with van der Waals surface area (Å²) in [5.41, 5.74) is 1.49. The molecule has 2 aromatic carbocycles. The van der Waals surface area contributed by atoms with Crippen LogP contribution in [0.15, 0.2) is 83.0 Å². The number of hydrogen-bond donors (Lipinski definition) is 2. The molecule has 0 aliphatic rings. The Hall–Kier alpha value is -3.92. The molecule has 0 bridgehead atoms. The number of nitrogens with one attached hydrogen (secondary N) is 2. The van der Waals surface area contributed by atoms with Gasteiger partial charge in [-0.2, -0.15) is 9.78 Å². The van der Waals surface area contributed by atoms with Crippen molar-refractivity contribution < 1.29 is 9.53 Å². The molecule has 0 aliphatic carbocycles. The van der Waals surface area contributed by atoms with Crippen molar-refractivity contribution in [2.24, 2.45) is 0 Å². The first kappa shape index (κ1) is 23.8. The van der Waals surface area contributed by atoms with E-state index in [-0.39, 0.29) is 18.1 Å². The second-order valence-corrected chi connectivity index (χ2v) is 9.33. The van der Waals surface area contributed by atoms with Crippen LogP contribution in [0.25, 0.3) is 27.8 Å². The van der Waals surface area contributed by atoms with E-state index in [1.165, 1.54) is 28.2 Å². The van der Waals surface area contributed by atoms with Gasteiger partial charge in [0.15, 0.2) is 6.61 Å². The van der Waals surface area contributed by atoms with Crippen LogP contribution in [0.5, 0.6) is 5.75 Å². The molecule has 3 aromatic heterocycles. The fourth-order valence-corrected chi connectivity index (χ4v) is 4.54. The molecule has 0 saturated carbocycles. The number of anilines is 1. The smallest absolute Gasteiger partial charge is 0.263 e. The Bertz CT molecular complexity index is 1580. The van der Waals surface area contributed by atoms with Gasteiger partial charge in [0.2, 0.25) is 5.95 Å². The fraction of sp³-hybridized carbons (Fsp3) is 0.0400. The normalized spacial score (nSPS) is 10.8. The van der Waals surface area contributed by atoms with Gasteiger partial charge in [0, 0.05) is 22.7 Å². The molecular weight excluding hydrogens is 521 g/mol. The SMILES string of the molecule is O=C(COc1ccc(Cl)cc1Cl)Nc1cc(-c2cccs2)nn1-c1nc(-c2ccccc2)cc(=O)[nH]1. The number of nitrogens with zero attached hydrogens (tertiary/aromatic N) is 3. The van der Waals surface area contributed by atoms with Crippen molar-refractivity contribution >= 4 is 46.3 Å². The van der Waals surface area contributed by atoms with Gasteiger partial charge < -0.3 is 10.1 Å². The van der Waals surface area contributed by atoms with E-state index < -0.39 is 5.91 Å². The summed E-state index contributed by atoms with van der Waals surface area (Å²) in [4.78, 5) is 33.4. The van der Waals surface area contributed by atoms with E-state index in [0.29, 0.717) is 33.0 Å². The number of H-pyrrole nitrogens is 1. The fourth-order valence-electron chi connectivity index (χ4n) is 3.39. The monoisotopic (exact) mass is 537 g/mol. The highest BCUT2D eigenvalue weighted by Gasteiger charge is 2.17. The summed E-state index contributed by atoms with van der Waals surface area (Å²) in [6.07, 6.45) is 0. The maximum Gasteiger partial charge on any atom is 0.263 e. The Balaban J connectivity index is 1.46. The van der Waals surface area contributed by atoms with Crippen LogP contribution in [0.1, 0.15) is 0 Å². The Morgan fingerprint density at radius 2 is 1.86 bits per heavy atom. The van der Waals surface area contributed by atoms with E-state index in [4.69, 9.17) is 27.9 Å². The lowest BCUT2D eigenvalue weighted by Gasteiger charge is -2.11. The molecule has 0 spiro atoms. The highest BCUT2D eigenvalue weighted by atomic mass is 35.5. The third kappa shape index (κ3) is 5.33. The van der Waals surface area contributed by atoms with Crippen molar-refractivity contribution in [3.8, 4) is 33.5 Å². The molecule has 8 nitrogen and oxygen atoms in total. The number of carbonyl (C=O) groups is 1. The molecule has 2 N–H and O–H groups in total. The maximum atomic E-state index is 12.8. The topological polar surface area (TPSA) is 102 Å². The van der Waals surface area contributed by atoms with Gasteiger partial charge in [-0.1, -0.05) is 59.6 Å². The number of rotatable bonds is 7. The number of carbonyl (C=O) groups excluding carboxylic acids is 1. The lowest BCUT2D eigenvalue weighted by molar-refractivity contribution is -0.118. The van der Waals surface area contributed by atoms with Gasteiger partial charge in [-0.25, -0.2) is 4.98 Å². The molecular formula is C25H17Cl2N5O3S. The van der Waals surface area contributed by atoms with Crippen LogP contribution in [0, 0.1) is 0 Å². The van der Waals surface area contributed by atoms with Crippen LogP contribution < -0.4 is 15.6 Å². The summed E-state index contributed by atoms with van der Waals surface area (Å²) in [6, 6.07) is 21.0. The van der Waals surface area contributed by atoms with Gasteiger partial charge in [0.1, 0.15) is 17.3 Å². The third-order valence-corrected chi connectivity index (χ3v) is 6.43. The average molecular weight is 538 g/mol. The summed E-state index contributed by atoms with van der Waals surface area (Å²) in [6.45, 7) is -0.311. The molecule has 0 atom stereocenters. The molecule has 36 heavy (non-hydrogen) atoms. The number of aromatic amines is 1. The predicted molar refractivity (Wildman–Crippen MR) is 141 cm³/mol. The lowest BCUT2D eigenvalue weighted by atomic mass is 10.1. The molecule has 180 valence electrons. The number of aromatic nitrogens is 4. The molecule has 0 saturated heterocycles. The van der Waals surface area contributed by atoms with Crippen LogP contribution in [0.2, 0.25) is 10.0 Å². The van der Waals surface area contributed by atoms with Crippen LogP contribution >= 0.6 is 34.5 Å². The number of amides is 1. The highest BCUT2D eigenvalue weighted by molar-refractivity contribution is 7.13. The highest BCUT2D eigenvalue weighted by Crippen LogP contribution is 2.29. The van der Waals surface area contributed by atoms with E-state index >= 15 is 0 Å². The second kappa shape index (κ2) is 10.4. The molecule has 0 radical (unpaired) electrons. The number of halogens is 2. The van der Waals surface area contributed by atoms with Crippen molar-refractivity contribution in [2.75, 3.05) is 11.9 Å². The molecule has 1 amide bonds. The van der Waals surface area contributed by atoms with E-state index in [1.54, 1.807) is 18.2 Å². The standard InChI is InChI=1S/C25H17Cl2N5O3S/c26-16-8-9-20(17(27)11-16)35-14-24(34)29-22-12-19(21-7-4-10-36-21)31-32(22)25-28-18(13-23(33)30-25)15-5-2-1-3-6-15/h1-13H,14H2,(H,29,34)(H,28,30,33). The molecule has 5 rings (SSSR count). The van der Waals surface area contributed by atoms with E-state index in [0.717, 1.165) is 10.4 Å². The molecule has 3 heterocycles. The molecule has 11 heteroatoms. The third-order valence-electron chi connectivity index (χ3n) is 5.00. The summed E-state index contributed by atoms with van der Waals surface area (Å²) in [5, 5.41) is 10.1. The number of thiophene rings is 1.